The third kappa shape index (κ3) is 4.64. The highest BCUT2D eigenvalue weighted by molar-refractivity contribution is 8.01. The van der Waals surface area contributed by atoms with Crippen LogP contribution in [-0.4, -0.2) is 42.7 Å². The highest BCUT2D eigenvalue weighted by Gasteiger charge is 2.22. The fraction of sp³-hybridized carbons (Fsp3) is 0.611. The van der Waals surface area contributed by atoms with Gasteiger partial charge in [0.25, 0.3) is 0 Å². The zero-order valence-electron chi connectivity index (χ0n) is 13.8. The number of nitrogens with one attached hydrogen (secondary N) is 1. The van der Waals surface area contributed by atoms with Gasteiger partial charge in [0.15, 0.2) is 0 Å². The number of hydrogen-bond acceptors (Lipinski definition) is 4. The van der Waals surface area contributed by atoms with Gasteiger partial charge in [0.05, 0.1) is 18.5 Å². The second-order valence-corrected chi connectivity index (χ2v) is 7.97. The third-order valence-corrected chi connectivity index (χ3v) is 6.06. The molecule has 5 heteroatoms. The van der Waals surface area contributed by atoms with E-state index in [0.717, 1.165) is 32.0 Å². The van der Waals surface area contributed by atoms with Crippen LogP contribution in [0, 0.1) is 0 Å². The fourth-order valence-electron chi connectivity index (χ4n) is 3.20. The number of morpholine rings is 1. The van der Waals surface area contributed by atoms with E-state index in [0.29, 0.717) is 5.25 Å². The first-order valence-corrected chi connectivity index (χ1v) is 9.56. The molecule has 1 saturated heterocycles. The van der Waals surface area contributed by atoms with Gasteiger partial charge in [0.2, 0.25) is 5.91 Å². The molecule has 23 heavy (non-hydrogen) atoms. The van der Waals surface area contributed by atoms with Crippen LogP contribution in [0.4, 0.5) is 11.4 Å². The Morgan fingerprint density at radius 3 is 2.52 bits per heavy atom. The van der Waals surface area contributed by atoms with E-state index >= 15 is 0 Å². The van der Waals surface area contributed by atoms with Crippen LogP contribution in [-0.2, 0) is 9.53 Å². The molecule has 4 nitrogen and oxygen atoms in total. The molecule has 1 aliphatic carbocycles. The Morgan fingerprint density at radius 2 is 1.87 bits per heavy atom. The minimum Gasteiger partial charge on any atom is -0.378 e. The van der Waals surface area contributed by atoms with Crippen LogP contribution < -0.4 is 10.2 Å². The summed E-state index contributed by atoms with van der Waals surface area (Å²) in [6.45, 7) is 5.45. The quantitative estimate of drug-likeness (QED) is 0.894. The van der Waals surface area contributed by atoms with Crippen molar-refractivity contribution in [2.24, 2.45) is 0 Å². The Morgan fingerprint density at radius 1 is 1.22 bits per heavy atom. The van der Waals surface area contributed by atoms with Crippen molar-refractivity contribution in [1.82, 2.24) is 0 Å². The molecule has 2 aliphatic rings. The van der Waals surface area contributed by atoms with Gasteiger partial charge in [-0.3, -0.25) is 4.79 Å². The lowest BCUT2D eigenvalue weighted by Gasteiger charge is -2.29. The van der Waals surface area contributed by atoms with Crippen LogP contribution in [0.1, 0.15) is 32.6 Å². The predicted molar refractivity (Wildman–Crippen MR) is 97.4 cm³/mol. The molecular weight excluding hydrogens is 308 g/mol. The Bertz CT molecular complexity index is 508. The Hall–Kier alpha value is -1.20. The minimum absolute atomic E-state index is 0.0111. The molecule has 1 amide bonds. The monoisotopic (exact) mass is 334 g/mol. The van der Waals surface area contributed by atoms with E-state index in [1.165, 1.54) is 31.4 Å². The Kier molecular flexibility index (Phi) is 5.84. The number of carbonyl (C=O) groups excluding carboxylic acids is 1. The van der Waals surface area contributed by atoms with E-state index in [4.69, 9.17) is 4.74 Å². The molecule has 0 spiro atoms. The van der Waals surface area contributed by atoms with Crippen molar-refractivity contribution in [1.29, 1.82) is 0 Å². The first-order valence-electron chi connectivity index (χ1n) is 8.61. The standard InChI is InChI=1S/C18H26N2O2S/c1-14(23-17-4-2-3-5-17)18(21)19-15-6-8-16(9-7-15)20-10-12-22-13-11-20/h6-9,14,17H,2-5,10-13H2,1H3,(H,19,21)/t14-/m1/s1. The van der Waals surface area contributed by atoms with Crippen molar-refractivity contribution < 1.29 is 9.53 Å². The number of nitrogens with zero attached hydrogens (tertiary/aromatic N) is 1. The van der Waals surface area contributed by atoms with Crippen LogP contribution in [0.15, 0.2) is 24.3 Å². The maximum absolute atomic E-state index is 12.3. The lowest BCUT2D eigenvalue weighted by Crippen LogP contribution is -2.36. The summed E-state index contributed by atoms with van der Waals surface area (Å²) in [5, 5.41) is 3.72. The Balaban J connectivity index is 1.51. The molecule has 126 valence electrons. The number of hydrogen-bond donors (Lipinski definition) is 1. The number of anilines is 2. The lowest BCUT2D eigenvalue weighted by atomic mass is 10.2. The molecule has 0 radical (unpaired) electrons. The SMILES string of the molecule is C[C@@H](SC1CCCC1)C(=O)Nc1ccc(N2CCOCC2)cc1. The lowest BCUT2D eigenvalue weighted by molar-refractivity contribution is -0.115. The van der Waals surface area contributed by atoms with Crippen molar-refractivity contribution in [2.75, 3.05) is 36.5 Å². The van der Waals surface area contributed by atoms with E-state index in [-0.39, 0.29) is 11.2 Å². The maximum atomic E-state index is 12.3. The number of rotatable bonds is 5. The average Bonchev–Trinajstić information content (AvgIpc) is 3.09. The third-order valence-electron chi connectivity index (χ3n) is 4.58. The van der Waals surface area contributed by atoms with Gasteiger partial charge in [-0.25, -0.2) is 0 Å². The molecule has 1 aromatic carbocycles. The molecule has 0 unspecified atom stereocenters. The summed E-state index contributed by atoms with van der Waals surface area (Å²) in [7, 11) is 0. The normalized spacial score (nSPS) is 20.5. The van der Waals surface area contributed by atoms with Crippen LogP contribution >= 0.6 is 11.8 Å². The van der Waals surface area contributed by atoms with Gasteiger partial charge >= 0.3 is 0 Å². The number of amides is 1. The second kappa shape index (κ2) is 8.06. The fourth-order valence-corrected chi connectivity index (χ4v) is 4.56. The summed E-state index contributed by atoms with van der Waals surface area (Å²) in [5.74, 6) is 0.112. The zero-order valence-corrected chi connectivity index (χ0v) is 14.6. The molecule has 1 aliphatic heterocycles. The van der Waals surface area contributed by atoms with Crippen molar-refractivity contribution in [3.05, 3.63) is 24.3 Å². The van der Waals surface area contributed by atoms with E-state index < -0.39 is 0 Å². The summed E-state index contributed by atoms with van der Waals surface area (Å²) in [4.78, 5) is 14.6. The van der Waals surface area contributed by atoms with Gasteiger partial charge in [-0.2, -0.15) is 0 Å². The largest absolute Gasteiger partial charge is 0.378 e. The molecule has 2 fully saturated rings. The molecular formula is C18H26N2O2S. The topological polar surface area (TPSA) is 41.6 Å². The Labute approximate surface area is 143 Å². The van der Waals surface area contributed by atoms with Gasteiger partial charge in [0.1, 0.15) is 0 Å². The van der Waals surface area contributed by atoms with Gasteiger partial charge < -0.3 is 15.0 Å². The molecule has 1 atom stereocenters. The van der Waals surface area contributed by atoms with Crippen molar-refractivity contribution in [3.8, 4) is 0 Å². The molecule has 1 heterocycles. The van der Waals surface area contributed by atoms with Gasteiger partial charge in [0, 0.05) is 29.7 Å². The molecule has 3 rings (SSSR count). The predicted octanol–water partition coefficient (Wildman–Crippen LogP) is 3.53. The van der Waals surface area contributed by atoms with Crippen LogP contribution in [0.25, 0.3) is 0 Å². The van der Waals surface area contributed by atoms with E-state index in [1.807, 2.05) is 30.8 Å². The van der Waals surface area contributed by atoms with Crippen molar-refractivity contribution >= 4 is 29.0 Å². The van der Waals surface area contributed by atoms with Gasteiger partial charge in [-0.1, -0.05) is 12.8 Å². The smallest absolute Gasteiger partial charge is 0.237 e. The number of ether oxygens (including phenoxy) is 1. The minimum atomic E-state index is 0.0111. The average molecular weight is 334 g/mol. The summed E-state index contributed by atoms with van der Waals surface area (Å²) in [6, 6.07) is 8.15. The van der Waals surface area contributed by atoms with Crippen LogP contribution in [0.5, 0.6) is 0 Å². The van der Waals surface area contributed by atoms with Gasteiger partial charge in [-0.05, 0) is 44.0 Å². The first-order chi connectivity index (χ1) is 11.2. The number of carbonyl (C=O) groups is 1. The van der Waals surface area contributed by atoms with E-state index in [1.54, 1.807) is 0 Å². The van der Waals surface area contributed by atoms with Crippen molar-refractivity contribution in [3.63, 3.8) is 0 Å². The number of thioether (sulfide) groups is 1. The summed E-state index contributed by atoms with van der Waals surface area (Å²) >= 11 is 1.83. The van der Waals surface area contributed by atoms with Crippen molar-refractivity contribution in [2.45, 2.75) is 43.1 Å². The molecule has 0 aromatic heterocycles. The summed E-state index contributed by atoms with van der Waals surface area (Å²) in [5.41, 5.74) is 2.07. The van der Waals surface area contributed by atoms with Crippen LogP contribution in [0.2, 0.25) is 0 Å². The summed E-state index contributed by atoms with van der Waals surface area (Å²) < 4.78 is 5.38. The zero-order chi connectivity index (χ0) is 16.1. The number of benzene rings is 1. The molecule has 1 N–H and O–H groups in total. The highest BCUT2D eigenvalue weighted by Crippen LogP contribution is 2.32. The van der Waals surface area contributed by atoms with Crippen LogP contribution in [0.3, 0.4) is 0 Å². The second-order valence-electron chi connectivity index (χ2n) is 6.32. The van der Waals surface area contributed by atoms with E-state index in [9.17, 15) is 4.79 Å². The maximum Gasteiger partial charge on any atom is 0.237 e. The van der Waals surface area contributed by atoms with E-state index in [2.05, 4.69) is 22.3 Å². The summed E-state index contributed by atoms with van der Waals surface area (Å²) in [6.07, 6.45) is 5.15. The first kappa shape index (κ1) is 16.7. The molecule has 1 saturated carbocycles. The molecule has 0 bridgehead atoms. The molecule has 1 aromatic rings. The highest BCUT2D eigenvalue weighted by atomic mass is 32.2. The van der Waals surface area contributed by atoms with Gasteiger partial charge in [-0.15, -0.1) is 11.8 Å².